The molecule has 0 aliphatic rings. The highest BCUT2D eigenvalue weighted by atomic mass is 16.5. The zero-order chi connectivity index (χ0) is 14.1. The van der Waals surface area contributed by atoms with E-state index in [1.807, 2.05) is 13.8 Å². The number of rotatable bonds is 5. The van der Waals surface area contributed by atoms with Gasteiger partial charge in [-0.05, 0) is 12.8 Å². The number of nitrogens with zero attached hydrogens (tertiary/aromatic N) is 4. The van der Waals surface area contributed by atoms with Crippen LogP contribution < -0.4 is 5.76 Å². The van der Waals surface area contributed by atoms with Crippen molar-refractivity contribution in [2.75, 3.05) is 0 Å². The summed E-state index contributed by atoms with van der Waals surface area (Å²) in [5.74, 6) is 0.707. The molecule has 0 spiro atoms. The van der Waals surface area contributed by atoms with Crippen molar-refractivity contribution in [1.29, 1.82) is 0 Å². The van der Waals surface area contributed by atoms with Gasteiger partial charge < -0.3 is 0 Å². The molecule has 0 atom stereocenters. The molecule has 0 aliphatic carbocycles. The summed E-state index contributed by atoms with van der Waals surface area (Å²) in [6.45, 7) is 8.12. The summed E-state index contributed by atoms with van der Waals surface area (Å²) < 4.78 is 4.55. The van der Waals surface area contributed by atoms with Gasteiger partial charge in [-0.2, -0.15) is 5.21 Å². The van der Waals surface area contributed by atoms with Crippen LogP contribution in [0.3, 0.4) is 0 Å². The van der Waals surface area contributed by atoms with Crippen LogP contribution in [0.5, 0.6) is 0 Å². The Kier molecular flexibility index (Phi) is 3.25. The van der Waals surface area contributed by atoms with Crippen molar-refractivity contribution in [3.63, 3.8) is 0 Å². The van der Waals surface area contributed by atoms with Gasteiger partial charge in [-0.3, -0.25) is 9.51 Å². The second-order valence-corrected chi connectivity index (χ2v) is 5.95. The summed E-state index contributed by atoms with van der Waals surface area (Å²) in [5, 5.41) is 17.9. The van der Waals surface area contributed by atoms with E-state index in [-0.39, 0.29) is 10.8 Å². The molecule has 0 saturated carbocycles. The van der Waals surface area contributed by atoms with E-state index in [1.165, 1.54) is 0 Å². The molecule has 0 unspecified atom stereocenters. The average Bonchev–Trinajstić information content (AvgIpc) is 2.97. The predicted molar refractivity (Wildman–Crippen MR) is 66.6 cm³/mol. The van der Waals surface area contributed by atoms with E-state index in [4.69, 9.17) is 0 Å². The molecule has 2 rings (SSSR count). The first-order chi connectivity index (χ1) is 8.81. The highest BCUT2D eigenvalue weighted by molar-refractivity contribution is 5.05. The van der Waals surface area contributed by atoms with E-state index in [2.05, 4.69) is 49.1 Å². The smallest absolute Gasteiger partial charge is 0.296 e. The maximum absolute atomic E-state index is 11.0. The topological polar surface area (TPSA) is 113 Å². The van der Waals surface area contributed by atoms with Gasteiger partial charge in [-0.15, -0.1) is 10.2 Å². The Morgan fingerprint density at radius 3 is 2.37 bits per heavy atom. The molecule has 19 heavy (non-hydrogen) atoms. The van der Waals surface area contributed by atoms with Crippen LogP contribution in [-0.2, 0) is 10.8 Å². The third-order valence-electron chi connectivity index (χ3n) is 3.41. The zero-order valence-electron chi connectivity index (χ0n) is 11.5. The van der Waals surface area contributed by atoms with Crippen LogP contribution in [0.25, 0.3) is 0 Å². The number of aromatic nitrogens is 6. The van der Waals surface area contributed by atoms with Crippen molar-refractivity contribution in [3.05, 3.63) is 22.2 Å². The minimum atomic E-state index is -0.527. The van der Waals surface area contributed by atoms with Gasteiger partial charge in [0, 0.05) is 10.8 Å². The molecule has 2 aromatic heterocycles. The SMILES string of the molecule is CC(C)(CCC(C)(C)c1noc(=O)[nH]1)c1nn[nH]n1. The van der Waals surface area contributed by atoms with Crippen molar-refractivity contribution in [2.24, 2.45) is 0 Å². The van der Waals surface area contributed by atoms with Crippen molar-refractivity contribution >= 4 is 0 Å². The predicted octanol–water partition coefficient (Wildman–Crippen LogP) is 0.912. The summed E-state index contributed by atoms with van der Waals surface area (Å²) in [4.78, 5) is 13.6. The normalized spacial score (nSPS) is 12.8. The van der Waals surface area contributed by atoms with E-state index in [1.54, 1.807) is 0 Å². The van der Waals surface area contributed by atoms with E-state index < -0.39 is 5.76 Å². The Hall–Kier alpha value is -1.99. The number of aromatic amines is 2. The minimum absolute atomic E-state index is 0.200. The van der Waals surface area contributed by atoms with Gasteiger partial charge in [0.2, 0.25) is 0 Å². The van der Waals surface area contributed by atoms with E-state index >= 15 is 0 Å². The number of nitrogens with one attached hydrogen (secondary N) is 2. The quantitative estimate of drug-likeness (QED) is 0.831. The average molecular weight is 266 g/mol. The number of tetrazole rings is 1. The lowest BCUT2D eigenvalue weighted by atomic mass is 9.78. The first-order valence-electron chi connectivity index (χ1n) is 6.12. The van der Waals surface area contributed by atoms with Crippen LogP contribution >= 0.6 is 0 Å². The Labute approximate surface area is 110 Å². The molecule has 0 saturated heterocycles. The van der Waals surface area contributed by atoms with Gasteiger partial charge >= 0.3 is 5.76 Å². The Bertz CT molecular complexity index is 580. The third-order valence-corrected chi connectivity index (χ3v) is 3.41. The summed E-state index contributed by atoms with van der Waals surface area (Å²) in [6, 6.07) is 0. The first kappa shape index (κ1) is 13.4. The molecule has 104 valence electrons. The van der Waals surface area contributed by atoms with Crippen LogP contribution in [0.1, 0.15) is 52.2 Å². The number of hydrogen-bond acceptors (Lipinski definition) is 6. The van der Waals surface area contributed by atoms with E-state index in [0.717, 1.165) is 12.8 Å². The summed E-state index contributed by atoms with van der Waals surface area (Å²) in [7, 11) is 0. The lowest BCUT2D eigenvalue weighted by molar-refractivity contribution is 0.329. The molecular formula is C11H18N6O2. The third kappa shape index (κ3) is 2.88. The van der Waals surface area contributed by atoms with Gasteiger partial charge in [0.15, 0.2) is 11.6 Å². The zero-order valence-corrected chi connectivity index (χ0v) is 11.5. The molecule has 2 aromatic rings. The molecule has 2 N–H and O–H groups in total. The van der Waals surface area contributed by atoms with Gasteiger partial charge in [0.25, 0.3) is 0 Å². The molecule has 0 aliphatic heterocycles. The highest BCUT2D eigenvalue weighted by Crippen LogP contribution is 2.32. The molecule has 8 nitrogen and oxygen atoms in total. The molecule has 0 amide bonds. The van der Waals surface area contributed by atoms with E-state index in [0.29, 0.717) is 11.6 Å². The summed E-state index contributed by atoms with van der Waals surface area (Å²) >= 11 is 0. The molecule has 0 fully saturated rings. The van der Waals surface area contributed by atoms with Crippen molar-refractivity contribution in [1.82, 2.24) is 30.8 Å². The molecule has 0 bridgehead atoms. The molecule has 0 aromatic carbocycles. The van der Waals surface area contributed by atoms with Crippen LogP contribution in [-0.4, -0.2) is 30.8 Å². The molecule has 2 heterocycles. The van der Waals surface area contributed by atoms with Gasteiger partial charge in [0.05, 0.1) is 0 Å². The lowest BCUT2D eigenvalue weighted by Gasteiger charge is -2.27. The maximum Gasteiger partial charge on any atom is 0.438 e. The van der Waals surface area contributed by atoms with Crippen LogP contribution in [0.4, 0.5) is 0 Å². The molecular weight excluding hydrogens is 248 g/mol. The number of H-pyrrole nitrogens is 2. The van der Waals surface area contributed by atoms with Crippen molar-refractivity contribution in [3.8, 4) is 0 Å². The Morgan fingerprint density at radius 1 is 1.16 bits per heavy atom. The fourth-order valence-electron chi connectivity index (χ4n) is 1.83. The second kappa shape index (κ2) is 4.60. The van der Waals surface area contributed by atoms with Crippen molar-refractivity contribution in [2.45, 2.75) is 51.4 Å². The monoisotopic (exact) mass is 266 g/mol. The second-order valence-electron chi connectivity index (χ2n) is 5.95. The van der Waals surface area contributed by atoms with Gasteiger partial charge in [0.1, 0.15) is 0 Å². The fourth-order valence-corrected chi connectivity index (χ4v) is 1.83. The Morgan fingerprint density at radius 2 is 1.84 bits per heavy atom. The summed E-state index contributed by atoms with van der Waals surface area (Å²) in [6.07, 6.45) is 1.63. The van der Waals surface area contributed by atoms with E-state index in [9.17, 15) is 4.79 Å². The van der Waals surface area contributed by atoms with Crippen LogP contribution in [0.2, 0.25) is 0 Å². The van der Waals surface area contributed by atoms with Crippen LogP contribution in [0, 0.1) is 0 Å². The standard InChI is InChI=1S/C11H18N6O2/c1-10(2,7-12-9(18)19-15-7)5-6-11(3,4)8-13-16-17-14-8/h5-6H2,1-4H3,(H,12,15,18)(H,13,14,16,17). The maximum atomic E-state index is 11.0. The van der Waals surface area contributed by atoms with Crippen LogP contribution in [0.15, 0.2) is 9.32 Å². The lowest BCUT2D eigenvalue weighted by Crippen LogP contribution is -2.26. The minimum Gasteiger partial charge on any atom is -0.296 e. The summed E-state index contributed by atoms with van der Waals surface area (Å²) in [5.41, 5.74) is -0.485. The fraction of sp³-hybridized carbons (Fsp3) is 0.727. The first-order valence-corrected chi connectivity index (χ1v) is 6.12. The van der Waals surface area contributed by atoms with Crippen molar-refractivity contribution < 1.29 is 4.52 Å². The molecule has 8 heteroatoms. The largest absolute Gasteiger partial charge is 0.438 e. The molecule has 0 radical (unpaired) electrons. The number of hydrogen-bond donors (Lipinski definition) is 2. The van der Waals surface area contributed by atoms with Gasteiger partial charge in [-0.1, -0.05) is 38.1 Å². The van der Waals surface area contributed by atoms with Gasteiger partial charge in [-0.25, -0.2) is 4.79 Å². The highest BCUT2D eigenvalue weighted by Gasteiger charge is 2.31. The Balaban J connectivity index is 2.07.